The molecule has 8 nitrogen and oxygen atoms in total. The highest BCUT2D eigenvalue weighted by molar-refractivity contribution is 7.91. The first-order chi connectivity index (χ1) is 14.3. The molecule has 2 amide bonds. The Morgan fingerprint density at radius 3 is 2.47 bits per heavy atom. The van der Waals surface area contributed by atoms with Crippen molar-refractivity contribution in [3.05, 3.63) is 47.3 Å². The zero-order chi connectivity index (χ0) is 21.6. The lowest BCUT2D eigenvalue weighted by Gasteiger charge is -2.31. The van der Waals surface area contributed by atoms with Crippen LogP contribution in [0, 0.1) is 0 Å². The minimum absolute atomic E-state index is 0.0782. The monoisotopic (exact) mass is 450 g/mol. The first-order valence-corrected chi connectivity index (χ1v) is 12.0. The van der Waals surface area contributed by atoms with Crippen molar-refractivity contribution in [3.8, 4) is 0 Å². The van der Waals surface area contributed by atoms with Crippen molar-refractivity contribution < 1.29 is 18.0 Å². The molecule has 2 aromatic rings. The maximum Gasteiger partial charge on any atom is 0.250 e. The van der Waals surface area contributed by atoms with Gasteiger partial charge in [-0.15, -0.1) is 11.3 Å². The van der Waals surface area contributed by atoms with Crippen LogP contribution in [0.5, 0.6) is 0 Å². The summed E-state index contributed by atoms with van der Waals surface area (Å²) in [6.07, 6.45) is 1.28. The van der Waals surface area contributed by atoms with Gasteiger partial charge in [0.25, 0.3) is 0 Å². The van der Waals surface area contributed by atoms with Gasteiger partial charge in [-0.2, -0.15) is 0 Å². The molecule has 1 aromatic carbocycles. The quantitative estimate of drug-likeness (QED) is 0.568. The highest BCUT2D eigenvalue weighted by Gasteiger charge is 2.26. The van der Waals surface area contributed by atoms with Crippen molar-refractivity contribution >= 4 is 38.9 Å². The molecule has 1 aliphatic heterocycles. The lowest BCUT2D eigenvalue weighted by Crippen LogP contribution is -2.46. The molecule has 0 spiro atoms. The number of para-hydroxylation sites is 1. The van der Waals surface area contributed by atoms with E-state index in [4.69, 9.17) is 0 Å². The molecule has 0 aliphatic carbocycles. The molecule has 0 atom stereocenters. The summed E-state index contributed by atoms with van der Waals surface area (Å²) in [4.78, 5) is 26.0. The first kappa shape index (κ1) is 22.4. The van der Waals surface area contributed by atoms with Crippen molar-refractivity contribution in [1.29, 1.82) is 0 Å². The Morgan fingerprint density at radius 1 is 1.10 bits per heavy atom. The van der Waals surface area contributed by atoms with Gasteiger partial charge in [0, 0.05) is 36.6 Å². The smallest absolute Gasteiger partial charge is 0.250 e. The lowest BCUT2D eigenvalue weighted by molar-refractivity contribution is -0.119. The minimum atomic E-state index is -3.60. The molecule has 1 aliphatic rings. The zero-order valence-corrected chi connectivity index (χ0v) is 18.4. The first-order valence-electron chi connectivity index (χ1n) is 9.74. The van der Waals surface area contributed by atoms with E-state index in [0.717, 1.165) is 21.9 Å². The normalized spacial score (nSPS) is 15.6. The Kier molecular flexibility index (Phi) is 7.59. The molecular formula is C20H26N4O4S2. The Balaban J connectivity index is 1.45. The Labute approximate surface area is 180 Å². The van der Waals surface area contributed by atoms with E-state index in [1.54, 1.807) is 12.1 Å². The van der Waals surface area contributed by atoms with Gasteiger partial charge in [-0.25, -0.2) is 13.1 Å². The molecule has 3 N–H and O–H groups in total. The SMILES string of the molecule is CC(=O)NCc1ccc(S(=O)(=O)NC2CCN(CC(=O)Nc3ccccc3)CC2)s1. The number of nitrogens with zero attached hydrogens (tertiary/aromatic N) is 1. The van der Waals surface area contributed by atoms with E-state index in [-0.39, 0.29) is 28.6 Å². The fourth-order valence-electron chi connectivity index (χ4n) is 3.22. The van der Waals surface area contributed by atoms with E-state index in [2.05, 4.69) is 15.4 Å². The van der Waals surface area contributed by atoms with E-state index < -0.39 is 10.0 Å². The van der Waals surface area contributed by atoms with Gasteiger partial charge >= 0.3 is 0 Å². The average molecular weight is 451 g/mol. The summed E-state index contributed by atoms with van der Waals surface area (Å²) in [6.45, 7) is 3.32. The summed E-state index contributed by atoms with van der Waals surface area (Å²) in [5.74, 6) is -0.236. The second-order valence-corrected chi connectivity index (χ2v) is 10.3. The molecule has 3 rings (SSSR count). The van der Waals surface area contributed by atoms with Gasteiger partial charge in [0.15, 0.2) is 0 Å². The number of carbonyl (C=O) groups excluding carboxylic acids is 2. The van der Waals surface area contributed by atoms with Crippen LogP contribution in [0.3, 0.4) is 0 Å². The predicted molar refractivity (Wildman–Crippen MR) is 117 cm³/mol. The van der Waals surface area contributed by atoms with E-state index in [1.165, 1.54) is 6.92 Å². The molecule has 1 fully saturated rings. The molecule has 1 saturated heterocycles. The molecule has 10 heteroatoms. The Hall–Kier alpha value is -2.27. The molecule has 30 heavy (non-hydrogen) atoms. The molecule has 0 unspecified atom stereocenters. The number of carbonyl (C=O) groups is 2. The molecule has 0 radical (unpaired) electrons. The van der Waals surface area contributed by atoms with Gasteiger partial charge < -0.3 is 10.6 Å². The fraction of sp³-hybridized carbons (Fsp3) is 0.400. The van der Waals surface area contributed by atoms with Crippen molar-refractivity contribution in [2.24, 2.45) is 0 Å². The standard InChI is InChI=1S/C20H26N4O4S2/c1-15(25)21-13-18-7-8-20(29-18)30(27,28)23-17-9-11-24(12-10-17)14-19(26)22-16-5-3-2-4-6-16/h2-8,17,23H,9-14H2,1H3,(H,21,25)(H,22,26). The third-order valence-electron chi connectivity index (χ3n) is 4.75. The van der Waals surface area contributed by atoms with Gasteiger partial charge in [0.05, 0.1) is 13.1 Å². The van der Waals surface area contributed by atoms with Gasteiger partial charge in [-0.1, -0.05) is 18.2 Å². The van der Waals surface area contributed by atoms with Crippen LogP contribution in [-0.2, 0) is 26.2 Å². The molecule has 0 bridgehead atoms. The maximum atomic E-state index is 12.6. The fourth-order valence-corrected chi connectivity index (χ4v) is 5.84. The number of likely N-dealkylation sites (tertiary alicyclic amines) is 1. The van der Waals surface area contributed by atoms with Crippen LogP contribution in [0.25, 0.3) is 0 Å². The zero-order valence-electron chi connectivity index (χ0n) is 16.8. The minimum Gasteiger partial charge on any atom is -0.351 e. The van der Waals surface area contributed by atoms with Crippen LogP contribution in [0.15, 0.2) is 46.7 Å². The number of piperidine rings is 1. The van der Waals surface area contributed by atoms with Crippen molar-refractivity contribution in [1.82, 2.24) is 14.9 Å². The second kappa shape index (κ2) is 10.2. The summed E-state index contributed by atoms with van der Waals surface area (Å²) in [5.41, 5.74) is 0.763. The number of amides is 2. The van der Waals surface area contributed by atoms with E-state index in [9.17, 15) is 18.0 Å². The third kappa shape index (κ3) is 6.63. The molecule has 1 aromatic heterocycles. The summed E-state index contributed by atoms with van der Waals surface area (Å²) >= 11 is 1.15. The van der Waals surface area contributed by atoms with Gasteiger partial charge in [0.1, 0.15) is 4.21 Å². The number of benzene rings is 1. The second-order valence-electron chi connectivity index (χ2n) is 7.22. The number of hydrogen-bond donors (Lipinski definition) is 3. The van der Waals surface area contributed by atoms with Crippen LogP contribution in [-0.4, -0.2) is 50.8 Å². The average Bonchev–Trinajstić information content (AvgIpc) is 3.19. The number of thiophene rings is 1. The number of rotatable bonds is 8. The summed E-state index contributed by atoms with van der Waals surface area (Å²) in [7, 11) is -3.60. The molecular weight excluding hydrogens is 424 g/mol. The van der Waals surface area contributed by atoms with E-state index in [1.807, 2.05) is 35.2 Å². The summed E-state index contributed by atoms with van der Waals surface area (Å²) in [6, 6.07) is 12.4. The number of anilines is 1. The van der Waals surface area contributed by atoms with Gasteiger partial charge in [-0.05, 0) is 37.1 Å². The number of hydrogen-bond acceptors (Lipinski definition) is 6. The molecule has 0 saturated carbocycles. The summed E-state index contributed by atoms with van der Waals surface area (Å²) < 4.78 is 28.3. The third-order valence-corrected chi connectivity index (χ3v) is 7.85. The topological polar surface area (TPSA) is 108 Å². The molecule has 2 heterocycles. The number of sulfonamides is 1. The Bertz CT molecular complexity index is 968. The van der Waals surface area contributed by atoms with Crippen LogP contribution in [0.1, 0.15) is 24.6 Å². The highest BCUT2D eigenvalue weighted by atomic mass is 32.2. The van der Waals surface area contributed by atoms with Crippen LogP contribution < -0.4 is 15.4 Å². The highest BCUT2D eigenvalue weighted by Crippen LogP contribution is 2.23. The van der Waals surface area contributed by atoms with E-state index >= 15 is 0 Å². The maximum absolute atomic E-state index is 12.6. The predicted octanol–water partition coefficient (Wildman–Crippen LogP) is 1.77. The van der Waals surface area contributed by atoms with Crippen molar-refractivity contribution in [2.75, 3.05) is 25.0 Å². The lowest BCUT2D eigenvalue weighted by atomic mass is 10.1. The largest absolute Gasteiger partial charge is 0.351 e. The number of nitrogens with one attached hydrogen (secondary N) is 3. The Morgan fingerprint density at radius 2 is 1.80 bits per heavy atom. The molecule has 162 valence electrons. The van der Waals surface area contributed by atoms with Crippen LogP contribution in [0.4, 0.5) is 5.69 Å². The van der Waals surface area contributed by atoms with E-state index in [0.29, 0.717) is 32.5 Å². The van der Waals surface area contributed by atoms with Crippen molar-refractivity contribution in [2.45, 2.75) is 36.6 Å². The van der Waals surface area contributed by atoms with Crippen LogP contribution in [0.2, 0.25) is 0 Å². The van der Waals surface area contributed by atoms with Crippen LogP contribution >= 0.6 is 11.3 Å². The van der Waals surface area contributed by atoms with Gasteiger partial charge in [0.2, 0.25) is 21.8 Å². The van der Waals surface area contributed by atoms with Gasteiger partial charge in [-0.3, -0.25) is 14.5 Å². The summed E-state index contributed by atoms with van der Waals surface area (Å²) in [5, 5.41) is 5.52. The van der Waals surface area contributed by atoms with Crippen molar-refractivity contribution in [3.63, 3.8) is 0 Å².